The molecular formula is C15H28N2O. The van der Waals surface area contributed by atoms with Gasteiger partial charge in [0, 0.05) is 18.5 Å². The average molecular weight is 252 g/mol. The molecule has 3 nitrogen and oxygen atoms in total. The lowest BCUT2D eigenvalue weighted by atomic mass is 9.84. The molecule has 1 aliphatic carbocycles. The van der Waals surface area contributed by atoms with E-state index in [0.29, 0.717) is 24.4 Å². The molecule has 2 aliphatic rings. The first-order valence-electron chi connectivity index (χ1n) is 7.45. The molecule has 2 N–H and O–H groups in total. The van der Waals surface area contributed by atoms with Crippen LogP contribution in [0.5, 0.6) is 0 Å². The third-order valence-electron chi connectivity index (χ3n) is 4.81. The molecule has 0 bridgehead atoms. The van der Waals surface area contributed by atoms with Gasteiger partial charge in [-0.1, -0.05) is 27.2 Å². The Morgan fingerprint density at radius 1 is 1.22 bits per heavy atom. The Kier molecular flexibility index (Phi) is 4.00. The van der Waals surface area contributed by atoms with E-state index in [4.69, 9.17) is 5.73 Å². The predicted octanol–water partition coefficient (Wildman–Crippen LogP) is 2.40. The minimum absolute atomic E-state index is 0.197. The zero-order chi connectivity index (χ0) is 13.3. The molecule has 1 heterocycles. The van der Waals surface area contributed by atoms with Gasteiger partial charge in [0.1, 0.15) is 0 Å². The Balaban J connectivity index is 2.08. The Morgan fingerprint density at radius 3 is 2.56 bits per heavy atom. The van der Waals surface area contributed by atoms with Crippen LogP contribution in [-0.4, -0.2) is 29.9 Å². The lowest BCUT2D eigenvalue weighted by molar-refractivity contribution is -0.139. The summed E-state index contributed by atoms with van der Waals surface area (Å²) in [4.78, 5) is 14.9. The number of likely N-dealkylation sites (tertiary alicyclic amines) is 1. The van der Waals surface area contributed by atoms with Crippen LogP contribution in [0.3, 0.4) is 0 Å². The molecule has 0 spiro atoms. The highest BCUT2D eigenvalue weighted by atomic mass is 16.2. The molecule has 2 rings (SSSR count). The van der Waals surface area contributed by atoms with Crippen molar-refractivity contribution in [2.24, 2.45) is 23.0 Å². The van der Waals surface area contributed by atoms with Gasteiger partial charge in [0.15, 0.2) is 0 Å². The molecule has 18 heavy (non-hydrogen) atoms. The number of hydrogen-bond acceptors (Lipinski definition) is 2. The van der Waals surface area contributed by atoms with Crippen molar-refractivity contribution in [2.45, 2.75) is 58.9 Å². The fourth-order valence-corrected chi connectivity index (χ4v) is 3.79. The first-order valence-corrected chi connectivity index (χ1v) is 7.45. The van der Waals surface area contributed by atoms with Gasteiger partial charge < -0.3 is 10.6 Å². The number of carbonyl (C=O) groups excluding carboxylic acids is 1. The molecule has 0 aromatic carbocycles. The normalized spacial score (nSPS) is 33.1. The number of carbonyl (C=O) groups is 1. The van der Waals surface area contributed by atoms with Crippen LogP contribution in [0.25, 0.3) is 0 Å². The summed E-state index contributed by atoms with van der Waals surface area (Å²) < 4.78 is 0. The number of rotatable bonds is 2. The summed E-state index contributed by atoms with van der Waals surface area (Å²) in [7, 11) is 0. The van der Waals surface area contributed by atoms with Gasteiger partial charge in [0.25, 0.3) is 0 Å². The average Bonchev–Trinajstić information content (AvgIpc) is 2.95. The molecule has 0 aromatic rings. The van der Waals surface area contributed by atoms with Gasteiger partial charge in [0.2, 0.25) is 5.91 Å². The van der Waals surface area contributed by atoms with E-state index >= 15 is 0 Å². The summed E-state index contributed by atoms with van der Waals surface area (Å²) in [5.41, 5.74) is 6.01. The van der Waals surface area contributed by atoms with Gasteiger partial charge in [-0.15, -0.1) is 0 Å². The van der Waals surface area contributed by atoms with Gasteiger partial charge in [-0.2, -0.15) is 0 Å². The van der Waals surface area contributed by atoms with Crippen LogP contribution < -0.4 is 5.73 Å². The Labute approximate surface area is 111 Å². The second kappa shape index (κ2) is 5.20. The molecule has 2 fully saturated rings. The summed E-state index contributed by atoms with van der Waals surface area (Å²) in [6, 6.07) is 0.420. The Bertz CT molecular complexity index is 308. The maximum Gasteiger partial charge on any atom is 0.226 e. The molecular weight excluding hydrogens is 224 g/mol. The topological polar surface area (TPSA) is 46.3 Å². The number of amides is 1. The highest BCUT2D eigenvalue weighted by molar-refractivity contribution is 5.80. The van der Waals surface area contributed by atoms with Crippen LogP contribution in [-0.2, 0) is 4.79 Å². The molecule has 1 amide bonds. The summed E-state index contributed by atoms with van der Waals surface area (Å²) in [5.74, 6) is 1.03. The van der Waals surface area contributed by atoms with Crippen LogP contribution in [0.4, 0.5) is 0 Å². The minimum atomic E-state index is 0.197. The van der Waals surface area contributed by atoms with E-state index < -0.39 is 0 Å². The standard InChI is InChI=1S/C15H28N2O/c1-15(2,3)13-8-5-9-17(13)14(18)12-7-4-6-11(12)10-16/h11-13H,4-10,16H2,1-3H3/t11-,12-,13?/m1/s1. The van der Waals surface area contributed by atoms with Gasteiger partial charge in [0.05, 0.1) is 0 Å². The second-order valence-electron chi connectivity index (χ2n) is 7.09. The lowest BCUT2D eigenvalue weighted by Gasteiger charge is -2.37. The van der Waals surface area contributed by atoms with Crippen molar-refractivity contribution in [2.75, 3.05) is 13.1 Å². The summed E-state index contributed by atoms with van der Waals surface area (Å²) in [5, 5.41) is 0. The highest BCUT2D eigenvalue weighted by Gasteiger charge is 2.42. The SMILES string of the molecule is CC(C)(C)C1CCCN1C(=O)[C@@H]1CCC[C@@H]1CN. The van der Waals surface area contributed by atoms with Crippen molar-refractivity contribution in [1.29, 1.82) is 0 Å². The van der Waals surface area contributed by atoms with Crippen LogP contribution in [0.1, 0.15) is 52.9 Å². The third kappa shape index (κ3) is 2.56. The maximum atomic E-state index is 12.7. The number of nitrogens with zero attached hydrogens (tertiary/aromatic N) is 1. The molecule has 3 atom stereocenters. The van der Waals surface area contributed by atoms with Crippen molar-refractivity contribution in [1.82, 2.24) is 4.90 Å². The quantitative estimate of drug-likeness (QED) is 0.820. The molecule has 1 saturated heterocycles. The molecule has 1 aliphatic heterocycles. The van der Waals surface area contributed by atoms with Gasteiger partial charge in [-0.25, -0.2) is 0 Å². The third-order valence-corrected chi connectivity index (χ3v) is 4.81. The lowest BCUT2D eigenvalue weighted by Crippen LogP contribution is -2.46. The van der Waals surface area contributed by atoms with Crippen molar-refractivity contribution in [3.63, 3.8) is 0 Å². The summed E-state index contributed by atoms with van der Waals surface area (Å²) >= 11 is 0. The van der Waals surface area contributed by atoms with E-state index in [2.05, 4.69) is 25.7 Å². The van der Waals surface area contributed by atoms with E-state index in [9.17, 15) is 4.79 Å². The van der Waals surface area contributed by atoms with E-state index in [1.807, 2.05) is 0 Å². The minimum Gasteiger partial charge on any atom is -0.339 e. The van der Waals surface area contributed by atoms with E-state index in [1.54, 1.807) is 0 Å². The van der Waals surface area contributed by atoms with Crippen molar-refractivity contribution < 1.29 is 4.79 Å². The van der Waals surface area contributed by atoms with Crippen molar-refractivity contribution in [3.05, 3.63) is 0 Å². The smallest absolute Gasteiger partial charge is 0.226 e. The van der Waals surface area contributed by atoms with Gasteiger partial charge in [-0.05, 0) is 43.6 Å². The zero-order valence-electron chi connectivity index (χ0n) is 12.1. The summed E-state index contributed by atoms with van der Waals surface area (Å²) in [6.45, 7) is 8.37. The Morgan fingerprint density at radius 2 is 1.94 bits per heavy atom. The fraction of sp³-hybridized carbons (Fsp3) is 0.933. The molecule has 1 unspecified atom stereocenters. The maximum absolute atomic E-state index is 12.7. The van der Waals surface area contributed by atoms with E-state index in [1.165, 1.54) is 6.42 Å². The van der Waals surface area contributed by atoms with Crippen LogP contribution in [0, 0.1) is 17.3 Å². The van der Waals surface area contributed by atoms with Crippen LogP contribution in [0.15, 0.2) is 0 Å². The largest absolute Gasteiger partial charge is 0.339 e. The van der Waals surface area contributed by atoms with Crippen molar-refractivity contribution in [3.8, 4) is 0 Å². The molecule has 0 aromatic heterocycles. The molecule has 0 radical (unpaired) electrons. The van der Waals surface area contributed by atoms with Crippen LogP contribution >= 0.6 is 0 Å². The first kappa shape index (κ1) is 13.9. The zero-order valence-corrected chi connectivity index (χ0v) is 12.1. The van der Waals surface area contributed by atoms with Gasteiger partial charge in [-0.3, -0.25) is 4.79 Å². The molecule has 1 saturated carbocycles. The predicted molar refractivity (Wildman–Crippen MR) is 74.1 cm³/mol. The molecule has 3 heteroatoms. The van der Waals surface area contributed by atoms with E-state index in [0.717, 1.165) is 32.2 Å². The number of hydrogen-bond donors (Lipinski definition) is 1. The second-order valence-corrected chi connectivity index (χ2v) is 7.09. The van der Waals surface area contributed by atoms with Crippen LogP contribution in [0.2, 0.25) is 0 Å². The fourth-order valence-electron chi connectivity index (χ4n) is 3.79. The highest BCUT2D eigenvalue weighted by Crippen LogP contribution is 2.38. The summed E-state index contributed by atoms with van der Waals surface area (Å²) in [6.07, 6.45) is 5.68. The number of nitrogens with two attached hydrogens (primary N) is 1. The van der Waals surface area contributed by atoms with Gasteiger partial charge >= 0.3 is 0 Å². The first-order chi connectivity index (χ1) is 8.45. The Hall–Kier alpha value is -0.570. The molecule has 104 valence electrons. The van der Waals surface area contributed by atoms with E-state index in [-0.39, 0.29) is 11.3 Å². The van der Waals surface area contributed by atoms with Crippen molar-refractivity contribution >= 4 is 5.91 Å². The monoisotopic (exact) mass is 252 g/mol.